The van der Waals surface area contributed by atoms with E-state index in [1.807, 2.05) is 0 Å². The Balaban J connectivity index is 2.01. The van der Waals surface area contributed by atoms with Crippen LogP contribution in [0.15, 0.2) is 0 Å². The van der Waals surface area contributed by atoms with Gasteiger partial charge in [0, 0.05) is 11.4 Å². The van der Waals surface area contributed by atoms with E-state index >= 15 is 0 Å². The number of nitrogens with zero attached hydrogens (tertiary/aromatic N) is 2. The second-order valence-corrected chi connectivity index (χ2v) is 6.95. The predicted molar refractivity (Wildman–Crippen MR) is 82.4 cm³/mol. The van der Waals surface area contributed by atoms with Gasteiger partial charge in [0.1, 0.15) is 9.98 Å². The molecule has 19 heavy (non-hydrogen) atoms. The normalized spacial score (nSPS) is 14.9. The van der Waals surface area contributed by atoms with Gasteiger partial charge in [0.05, 0.1) is 5.39 Å². The fourth-order valence-electron chi connectivity index (χ4n) is 2.49. The lowest BCUT2D eigenvalue weighted by Crippen LogP contribution is -2.10. The van der Waals surface area contributed by atoms with Gasteiger partial charge >= 0.3 is 0 Å². The van der Waals surface area contributed by atoms with Crippen LogP contribution < -0.4 is 5.32 Å². The summed E-state index contributed by atoms with van der Waals surface area (Å²) in [6.45, 7) is 5.20. The van der Waals surface area contributed by atoms with E-state index in [2.05, 4.69) is 29.1 Å². The molecule has 1 aliphatic carbocycles. The van der Waals surface area contributed by atoms with Crippen LogP contribution in [-0.2, 0) is 12.8 Å². The molecule has 2 heterocycles. The van der Waals surface area contributed by atoms with Crippen molar-refractivity contribution in [2.24, 2.45) is 5.92 Å². The molecule has 0 aromatic carbocycles. The van der Waals surface area contributed by atoms with Gasteiger partial charge in [0.2, 0.25) is 5.95 Å². The maximum atomic E-state index is 6.37. The monoisotopic (exact) mass is 295 g/mol. The summed E-state index contributed by atoms with van der Waals surface area (Å²) >= 11 is 8.16. The molecule has 0 saturated carbocycles. The average Bonchev–Trinajstić information content (AvgIpc) is 2.74. The van der Waals surface area contributed by atoms with Crippen molar-refractivity contribution < 1.29 is 0 Å². The van der Waals surface area contributed by atoms with E-state index in [1.54, 1.807) is 11.3 Å². The van der Waals surface area contributed by atoms with Crippen molar-refractivity contribution in [2.75, 3.05) is 11.9 Å². The first-order chi connectivity index (χ1) is 9.15. The number of anilines is 1. The number of aryl methyl sites for hydroxylation is 2. The minimum atomic E-state index is 0.564. The number of hydrogen-bond donors (Lipinski definition) is 1. The lowest BCUT2D eigenvalue weighted by molar-refractivity contribution is 0.685. The molecule has 1 aliphatic rings. The van der Waals surface area contributed by atoms with E-state index in [0.717, 1.165) is 23.2 Å². The van der Waals surface area contributed by atoms with Crippen LogP contribution in [0.3, 0.4) is 0 Å². The van der Waals surface area contributed by atoms with E-state index < -0.39 is 0 Å². The quantitative estimate of drug-likeness (QED) is 0.858. The maximum absolute atomic E-state index is 6.37. The van der Waals surface area contributed by atoms with Crippen LogP contribution in [0.2, 0.25) is 5.15 Å². The minimum absolute atomic E-state index is 0.564. The number of thiophene rings is 1. The molecule has 3 rings (SSSR count). The molecule has 2 aromatic heterocycles. The van der Waals surface area contributed by atoms with Gasteiger partial charge in [-0.25, -0.2) is 9.97 Å². The Hall–Kier alpha value is -0.870. The van der Waals surface area contributed by atoms with Crippen LogP contribution >= 0.6 is 22.9 Å². The molecule has 0 bridgehead atoms. The van der Waals surface area contributed by atoms with Gasteiger partial charge in [-0.05, 0) is 37.2 Å². The molecule has 0 aliphatic heterocycles. The summed E-state index contributed by atoms with van der Waals surface area (Å²) in [6, 6.07) is 0. The van der Waals surface area contributed by atoms with E-state index in [0.29, 0.717) is 17.0 Å². The van der Waals surface area contributed by atoms with E-state index in [4.69, 9.17) is 11.6 Å². The molecule has 102 valence electrons. The Morgan fingerprint density at radius 2 is 2.05 bits per heavy atom. The molecule has 0 amide bonds. The van der Waals surface area contributed by atoms with Crippen LogP contribution in [0.25, 0.3) is 10.2 Å². The summed E-state index contributed by atoms with van der Waals surface area (Å²) in [7, 11) is 0. The summed E-state index contributed by atoms with van der Waals surface area (Å²) < 4.78 is 0. The van der Waals surface area contributed by atoms with Crippen molar-refractivity contribution in [3.63, 3.8) is 0 Å². The number of rotatable bonds is 3. The van der Waals surface area contributed by atoms with Gasteiger partial charge < -0.3 is 5.32 Å². The molecule has 0 unspecified atom stereocenters. The largest absolute Gasteiger partial charge is 0.354 e. The summed E-state index contributed by atoms with van der Waals surface area (Å²) in [6.07, 6.45) is 4.82. The smallest absolute Gasteiger partial charge is 0.225 e. The van der Waals surface area contributed by atoms with Crippen molar-refractivity contribution in [3.8, 4) is 0 Å². The summed E-state index contributed by atoms with van der Waals surface area (Å²) in [5.41, 5.74) is 1.40. The van der Waals surface area contributed by atoms with E-state index in [-0.39, 0.29) is 0 Å². The van der Waals surface area contributed by atoms with Crippen LogP contribution in [0.5, 0.6) is 0 Å². The Morgan fingerprint density at radius 1 is 1.26 bits per heavy atom. The molecule has 0 fully saturated rings. The molecular formula is C14H18ClN3S. The van der Waals surface area contributed by atoms with E-state index in [9.17, 15) is 0 Å². The van der Waals surface area contributed by atoms with Crippen molar-refractivity contribution in [1.29, 1.82) is 0 Å². The van der Waals surface area contributed by atoms with Gasteiger partial charge in [0.25, 0.3) is 0 Å². The number of fused-ring (bicyclic) bond motifs is 3. The molecule has 5 heteroatoms. The topological polar surface area (TPSA) is 37.8 Å². The lowest BCUT2D eigenvalue weighted by atomic mass is 9.97. The second kappa shape index (κ2) is 5.25. The third-order valence-corrected chi connectivity index (χ3v) is 4.90. The SMILES string of the molecule is CC(C)CNc1nc(Cl)c2c3c(sc2n1)CCCC3. The first kappa shape index (κ1) is 13.1. The molecule has 0 saturated heterocycles. The Morgan fingerprint density at radius 3 is 2.84 bits per heavy atom. The number of hydrogen-bond acceptors (Lipinski definition) is 4. The zero-order chi connectivity index (χ0) is 13.4. The minimum Gasteiger partial charge on any atom is -0.354 e. The maximum Gasteiger partial charge on any atom is 0.225 e. The Bertz CT molecular complexity index is 606. The number of aromatic nitrogens is 2. The standard InChI is InChI=1S/C14H18ClN3S/c1-8(2)7-16-14-17-12(15)11-9-5-3-4-6-10(9)19-13(11)18-14/h8H,3-7H2,1-2H3,(H,16,17,18). The van der Waals surface area contributed by atoms with Gasteiger partial charge in [-0.3, -0.25) is 0 Å². The first-order valence-corrected chi connectivity index (χ1v) is 8.06. The average molecular weight is 296 g/mol. The fraction of sp³-hybridized carbons (Fsp3) is 0.571. The van der Waals surface area contributed by atoms with Gasteiger partial charge in [-0.1, -0.05) is 25.4 Å². The molecule has 1 N–H and O–H groups in total. The lowest BCUT2D eigenvalue weighted by Gasteiger charge is -2.11. The van der Waals surface area contributed by atoms with Gasteiger partial charge in [0.15, 0.2) is 0 Å². The third kappa shape index (κ3) is 2.56. The van der Waals surface area contributed by atoms with Crippen molar-refractivity contribution in [2.45, 2.75) is 39.5 Å². The fourth-order valence-corrected chi connectivity index (χ4v) is 4.09. The molecule has 0 spiro atoms. The molecule has 0 radical (unpaired) electrons. The number of nitrogens with one attached hydrogen (secondary N) is 1. The van der Waals surface area contributed by atoms with Crippen molar-refractivity contribution in [1.82, 2.24) is 9.97 Å². The zero-order valence-corrected chi connectivity index (χ0v) is 12.9. The molecular weight excluding hydrogens is 278 g/mol. The summed E-state index contributed by atoms with van der Waals surface area (Å²) in [5.74, 6) is 1.22. The first-order valence-electron chi connectivity index (χ1n) is 6.87. The Labute approximate surface area is 122 Å². The Kier molecular flexibility index (Phi) is 3.63. The highest BCUT2D eigenvalue weighted by molar-refractivity contribution is 7.19. The van der Waals surface area contributed by atoms with Crippen LogP contribution in [0.1, 0.15) is 37.1 Å². The molecule has 3 nitrogen and oxygen atoms in total. The second-order valence-electron chi connectivity index (χ2n) is 5.50. The van der Waals surface area contributed by atoms with E-state index in [1.165, 1.54) is 29.7 Å². The zero-order valence-electron chi connectivity index (χ0n) is 11.3. The van der Waals surface area contributed by atoms with Crippen molar-refractivity contribution >= 4 is 39.1 Å². The van der Waals surface area contributed by atoms with Gasteiger partial charge in [-0.15, -0.1) is 11.3 Å². The molecule has 0 atom stereocenters. The summed E-state index contributed by atoms with van der Waals surface area (Å²) in [5, 5.41) is 4.96. The highest BCUT2D eigenvalue weighted by Crippen LogP contribution is 2.38. The van der Waals surface area contributed by atoms with Crippen molar-refractivity contribution in [3.05, 3.63) is 15.6 Å². The number of halogens is 1. The summed E-state index contributed by atoms with van der Waals surface area (Å²) in [4.78, 5) is 11.5. The highest BCUT2D eigenvalue weighted by atomic mass is 35.5. The van der Waals surface area contributed by atoms with Crippen LogP contribution in [0.4, 0.5) is 5.95 Å². The predicted octanol–water partition coefficient (Wildman–Crippen LogP) is 4.29. The van der Waals surface area contributed by atoms with Crippen LogP contribution in [0, 0.1) is 5.92 Å². The molecule has 2 aromatic rings. The van der Waals surface area contributed by atoms with Gasteiger partial charge in [-0.2, -0.15) is 0 Å². The highest BCUT2D eigenvalue weighted by Gasteiger charge is 2.20. The third-order valence-electron chi connectivity index (χ3n) is 3.44. The van der Waals surface area contributed by atoms with Crippen LogP contribution in [-0.4, -0.2) is 16.5 Å².